The number of nitrogens with zero attached hydrogens (tertiary/aromatic N) is 5. The van der Waals surface area contributed by atoms with Gasteiger partial charge in [0.15, 0.2) is 5.82 Å². The van der Waals surface area contributed by atoms with Crippen LogP contribution in [0.1, 0.15) is 83.0 Å². The van der Waals surface area contributed by atoms with Crippen LogP contribution >= 0.6 is 11.6 Å². The molecular formula is C27H39ClN6O2. The lowest BCUT2D eigenvalue weighted by molar-refractivity contribution is -0.141. The van der Waals surface area contributed by atoms with Crippen molar-refractivity contribution in [3.8, 4) is 0 Å². The predicted molar refractivity (Wildman–Crippen MR) is 139 cm³/mol. The second-order valence-electron chi connectivity index (χ2n) is 11.6. The summed E-state index contributed by atoms with van der Waals surface area (Å²) < 4.78 is 1.70. The fraction of sp³-hybridized carbons (Fsp3) is 0.667. The summed E-state index contributed by atoms with van der Waals surface area (Å²) in [6.07, 6.45) is 4.34. The number of aryl methyl sites for hydroxylation is 1. The van der Waals surface area contributed by atoms with Crippen LogP contribution in [0.3, 0.4) is 0 Å². The van der Waals surface area contributed by atoms with Crippen molar-refractivity contribution in [2.45, 2.75) is 77.7 Å². The summed E-state index contributed by atoms with van der Waals surface area (Å²) in [5, 5.41) is 15.7. The highest BCUT2D eigenvalue weighted by atomic mass is 35.5. The van der Waals surface area contributed by atoms with Crippen molar-refractivity contribution in [1.29, 1.82) is 0 Å². The van der Waals surface area contributed by atoms with Gasteiger partial charge in [-0.05, 0) is 71.1 Å². The fourth-order valence-corrected chi connectivity index (χ4v) is 6.21. The molecule has 0 radical (unpaired) electrons. The highest BCUT2D eigenvalue weighted by Crippen LogP contribution is 2.42. The first-order valence-electron chi connectivity index (χ1n) is 13.1. The summed E-state index contributed by atoms with van der Waals surface area (Å²) in [7, 11) is 1.84. The highest BCUT2D eigenvalue weighted by Gasteiger charge is 2.41. The molecule has 36 heavy (non-hydrogen) atoms. The van der Waals surface area contributed by atoms with Gasteiger partial charge in [-0.2, -0.15) is 0 Å². The Labute approximate surface area is 219 Å². The van der Waals surface area contributed by atoms with Crippen LogP contribution in [0.5, 0.6) is 0 Å². The minimum absolute atomic E-state index is 0.000814. The van der Waals surface area contributed by atoms with Crippen LogP contribution in [-0.2, 0) is 16.6 Å². The van der Waals surface area contributed by atoms with Gasteiger partial charge in [-0.3, -0.25) is 9.59 Å². The third kappa shape index (κ3) is 5.74. The molecular weight excluding hydrogens is 476 g/mol. The molecule has 4 atom stereocenters. The van der Waals surface area contributed by atoms with Crippen LogP contribution in [0.15, 0.2) is 24.3 Å². The first-order chi connectivity index (χ1) is 17.1. The molecule has 1 aliphatic carbocycles. The molecule has 1 aromatic heterocycles. The first kappa shape index (κ1) is 26.6. The zero-order valence-electron chi connectivity index (χ0n) is 22.1. The van der Waals surface area contributed by atoms with Gasteiger partial charge in [-0.1, -0.05) is 57.8 Å². The number of tetrazole rings is 1. The van der Waals surface area contributed by atoms with Crippen molar-refractivity contribution in [2.24, 2.45) is 24.3 Å². The quantitative estimate of drug-likeness (QED) is 0.619. The standard InChI is InChI=1S/C27H39ClN6O2/c1-17(2)23(29-25(35)20-8-6-7-19(15-20)24-30-31-32-33(24)5)26(36)34-14-13-22(27(3,4)16-34)18-9-11-21(28)12-10-18/h9-12,17,19-20,22-23H,6-8,13-16H2,1-5H3,(H,29,35)/t19-,20+,22?,23+/m0/s1. The molecule has 2 amide bonds. The predicted octanol–water partition coefficient (Wildman–Crippen LogP) is 4.32. The Balaban J connectivity index is 1.41. The number of aromatic nitrogens is 4. The van der Waals surface area contributed by atoms with Gasteiger partial charge in [0.1, 0.15) is 6.04 Å². The monoisotopic (exact) mass is 514 g/mol. The summed E-state index contributed by atoms with van der Waals surface area (Å²) in [6.45, 7) is 9.78. The molecule has 196 valence electrons. The van der Waals surface area contributed by atoms with E-state index in [0.29, 0.717) is 25.4 Å². The van der Waals surface area contributed by atoms with Gasteiger partial charge in [0.05, 0.1) is 0 Å². The largest absolute Gasteiger partial charge is 0.344 e. The van der Waals surface area contributed by atoms with Gasteiger partial charge in [-0.25, -0.2) is 4.68 Å². The van der Waals surface area contributed by atoms with E-state index in [4.69, 9.17) is 11.6 Å². The van der Waals surface area contributed by atoms with Crippen molar-refractivity contribution < 1.29 is 9.59 Å². The average molecular weight is 515 g/mol. The molecule has 1 aliphatic heterocycles. The Bertz CT molecular complexity index is 1070. The number of hydrogen-bond acceptors (Lipinski definition) is 5. The van der Waals surface area contributed by atoms with Crippen molar-refractivity contribution in [2.75, 3.05) is 13.1 Å². The zero-order chi connectivity index (χ0) is 26.0. The Morgan fingerprint density at radius 3 is 2.47 bits per heavy atom. The molecule has 8 nitrogen and oxygen atoms in total. The SMILES string of the molecule is CC(C)[C@@H](NC(=O)[C@@H]1CCC[C@H](c2nnnn2C)C1)C(=O)N1CCC(c2ccc(Cl)cc2)C(C)(C)C1. The number of nitrogens with one attached hydrogen (secondary N) is 1. The van der Waals surface area contributed by atoms with E-state index < -0.39 is 6.04 Å². The van der Waals surface area contributed by atoms with E-state index in [1.807, 2.05) is 37.9 Å². The number of benzene rings is 1. The topological polar surface area (TPSA) is 93.0 Å². The normalized spacial score (nSPS) is 25.0. The maximum atomic E-state index is 13.7. The summed E-state index contributed by atoms with van der Waals surface area (Å²) in [6, 6.07) is 7.53. The second-order valence-corrected chi connectivity index (χ2v) is 12.0. The van der Waals surface area contributed by atoms with Crippen LogP contribution in [0.4, 0.5) is 0 Å². The smallest absolute Gasteiger partial charge is 0.245 e. The molecule has 1 saturated heterocycles. The molecule has 1 N–H and O–H groups in total. The van der Waals surface area contributed by atoms with Gasteiger partial charge in [0.2, 0.25) is 11.8 Å². The Hall–Kier alpha value is -2.48. The van der Waals surface area contributed by atoms with Crippen LogP contribution < -0.4 is 5.32 Å². The molecule has 1 unspecified atom stereocenters. The average Bonchev–Trinajstić information content (AvgIpc) is 3.28. The van der Waals surface area contributed by atoms with E-state index in [0.717, 1.165) is 36.5 Å². The van der Waals surface area contributed by atoms with Gasteiger partial charge in [-0.15, -0.1) is 5.10 Å². The molecule has 2 aromatic rings. The Morgan fingerprint density at radius 1 is 1.14 bits per heavy atom. The van der Waals surface area contributed by atoms with E-state index >= 15 is 0 Å². The molecule has 1 saturated carbocycles. The summed E-state index contributed by atoms with van der Waals surface area (Å²) in [5.41, 5.74) is 1.17. The molecule has 2 heterocycles. The second kappa shape index (κ2) is 10.9. The van der Waals surface area contributed by atoms with Gasteiger partial charge >= 0.3 is 0 Å². The van der Waals surface area contributed by atoms with Gasteiger partial charge in [0.25, 0.3) is 0 Å². The third-order valence-corrected chi connectivity index (χ3v) is 8.36. The van der Waals surface area contributed by atoms with Gasteiger partial charge < -0.3 is 10.2 Å². The van der Waals surface area contributed by atoms with Crippen LogP contribution in [0.2, 0.25) is 5.02 Å². The maximum Gasteiger partial charge on any atom is 0.245 e. The number of hydrogen-bond donors (Lipinski definition) is 1. The number of amides is 2. The zero-order valence-corrected chi connectivity index (χ0v) is 22.8. The van der Waals surface area contributed by atoms with E-state index in [1.54, 1.807) is 4.68 Å². The fourth-order valence-electron chi connectivity index (χ4n) is 6.08. The first-order valence-corrected chi connectivity index (χ1v) is 13.5. The lowest BCUT2D eigenvalue weighted by atomic mass is 9.70. The van der Waals surface area contributed by atoms with Crippen molar-refractivity contribution in [3.05, 3.63) is 40.7 Å². The van der Waals surface area contributed by atoms with Crippen LogP contribution in [-0.4, -0.2) is 56.1 Å². The lowest BCUT2D eigenvalue weighted by Crippen LogP contribution is -2.56. The minimum atomic E-state index is -0.530. The number of carbonyl (C=O) groups is 2. The number of halogens is 1. The number of carbonyl (C=O) groups excluding carboxylic acids is 2. The minimum Gasteiger partial charge on any atom is -0.344 e. The maximum absolute atomic E-state index is 13.7. The lowest BCUT2D eigenvalue weighted by Gasteiger charge is -2.46. The number of likely N-dealkylation sites (tertiary alicyclic amines) is 1. The third-order valence-electron chi connectivity index (χ3n) is 8.11. The van der Waals surface area contributed by atoms with Crippen molar-refractivity contribution in [3.63, 3.8) is 0 Å². The van der Waals surface area contributed by atoms with Crippen LogP contribution in [0.25, 0.3) is 0 Å². The summed E-state index contributed by atoms with van der Waals surface area (Å²) in [4.78, 5) is 29.0. The molecule has 2 aliphatic rings. The van der Waals surface area contributed by atoms with Gasteiger partial charge in [0, 0.05) is 37.0 Å². The summed E-state index contributed by atoms with van der Waals surface area (Å²) in [5.74, 6) is 1.19. The Kier molecular flexibility index (Phi) is 8.03. The molecule has 0 bridgehead atoms. The molecule has 0 spiro atoms. The van der Waals surface area contributed by atoms with Crippen molar-refractivity contribution >= 4 is 23.4 Å². The van der Waals surface area contributed by atoms with E-state index in [1.165, 1.54) is 5.56 Å². The highest BCUT2D eigenvalue weighted by molar-refractivity contribution is 6.30. The van der Waals surface area contributed by atoms with Crippen LogP contribution in [0, 0.1) is 17.3 Å². The number of piperidine rings is 1. The molecule has 4 rings (SSSR count). The van der Waals surface area contributed by atoms with E-state index in [9.17, 15) is 9.59 Å². The Morgan fingerprint density at radius 2 is 1.86 bits per heavy atom. The van der Waals surface area contributed by atoms with E-state index in [-0.39, 0.29) is 35.0 Å². The molecule has 9 heteroatoms. The van der Waals surface area contributed by atoms with Crippen molar-refractivity contribution in [1.82, 2.24) is 30.4 Å². The summed E-state index contributed by atoms with van der Waals surface area (Å²) >= 11 is 6.09. The number of rotatable bonds is 6. The molecule has 2 fully saturated rings. The molecule has 1 aromatic carbocycles. The van der Waals surface area contributed by atoms with E-state index in [2.05, 4.69) is 46.8 Å².